The number of aromatic hydroxyl groups is 1. The van der Waals surface area contributed by atoms with E-state index in [9.17, 15) is 15.0 Å². The van der Waals surface area contributed by atoms with Crippen LogP contribution in [0.25, 0.3) is 0 Å². The zero-order valence-corrected chi connectivity index (χ0v) is 17.4. The molecule has 0 fully saturated rings. The van der Waals surface area contributed by atoms with Crippen LogP contribution >= 0.6 is 23.2 Å². The second kappa shape index (κ2) is 7.59. The molecule has 1 unspecified atom stereocenters. The van der Waals surface area contributed by atoms with E-state index in [1.165, 1.54) is 12.1 Å². The second-order valence-electron chi connectivity index (χ2n) is 7.21. The Kier molecular flexibility index (Phi) is 5.27. The summed E-state index contributed by atoms with van der Waals surface area (Å²) in [4.78, 5) is 15.3. The molecule has 0 aliphatic carbocycles. The molecule has 0 bridgehead atoms. The molecule has 2 heterocycles. The molecule has 6 nitrogen and oxygen atoms in total. The summed E-state index contributed by atoms with van der Waals surface area (Å²) in [6.45, 7) is 1.99. The molecular weight excluding hydrogens is 417 g/mol. The van der Waals surface area contributed by atoms with E-state index in [0.717, 1.165) is 19.3 Å². The first-order chi connectivity index (χ1) is 14.0. The average Bonchev–Trinajstić information content (AvgIpc) is 3.25. The first-order valence-electron chi connectivity index (χ1n) is 9.50. The summed E-state index contributed by atoms with van der Waals surface area (Å²) >= 11 is 12.8. The minimum absolute atomic E-state index is 0.0185. The lowest BCUT2D eigenvalue weighted by Crippen LogP contribution is -2.44. The first kappa shape index (κ1) is 20.1. The average molecular weight is 438 g/mol. The summed E-state index contributed by atoms with van der Waals surface area (Å²) in [6, 6.07) is 6.28. The number of nitrogens with zero attached hydrogens (tertiary/aromatic N) is 1. The SMILES string of the molecule is CCCCCN1C(=O)C(CO)(c2cc3c(cc2O)OCO3)c2c1ccc(Cl)c2Cl. The Morgan fingerprint density at radius 2 is 1.90 bits per heavy atom. The van der Waals surface area contributed by atoms with E-state index >= 15 is 0 Å². The monoisotopic (exact) mass is 437 g/mol. The van der Waals surface area contributed by atoms with Crippen LogP contribution in [0.4, 0.5) is 5.69 Å². The van der Waals surface area contributed by atoms with E-state index in [1.807, 2.05) is 0 Å². The highest BCUT2D eigenvalue weighted by molar-refractivity contribution is 6.43. The van der Waals surface area contributed by atoms with Gasteiger partial charge in [0.1, 0.15) is 11.2 Å². The first-order valence-corrected chi connectivity index (χ1v) is 10.3. The molecule has 0 aromatic heterocycles. The molecule has 1 atom stereocenters. The number of hydrogen-bond donors (Lipinski definition) is 2. The maximum absolute atomic E-state index is 13.7. The van der Waals surface area contributed by atoms with Gasteiger partial charge in [-0.1, -0.05) is 43.0 Å². The topological polar surface area (TPSA) is 79.2 Å². The summed E-state index contributed by atoms with van der Waals surface area (Å²) in [6.07, 6.45) is 2.77. The van der Waals surface area contributed by atoms with Gasteiger partial charge in [0.05, 0.1) is 16.7 Å². The van der Waals surface area contributed by atoms with Gasteiger partial charge in [0.15, 0.2) is 11.5 Å². The van der Waals surface area contributed by atoms with Gasteiger partial charge < -0.3 is 24.6 Å². The molecule has 2 aromatic rings. The summed E-state index contributed by atoms with van der Waals surface area (Å²) in [5.41, 5.74) is -0.400. The lowest BCUT2D eigenvalue weighted by atomic mass is 9.75. The second-order valence-corrected chi connectivity index (χ2v) is 7.99. The van der Waals surface area contributed by atoms with E-state index in [2.05, 4.69) is 6.92 Å². The maximum Gasteiger partial charge on any atom is 0.244 e. The number of ether oxygens (including phenoxy) is 2. The number of phenolic OH excluding ortho intramolecular Hbond substituents is 1. The van der Waals surface area contributed by atoms with Gasteiger partial charge in [-0.2, -0.15) is 0 Å². The lowest BCUT2D eigenvalue weighted by molar-refractivity contribution is -0.123. The van der Waals surface area contributed by atoms with Crippen molar-refractivity contribution in [3.63, 3.8) is 0 Å². The van der Waals surface area contributed by atoms with Crippen LogP contribution in [0.2, 0.25) is 10.0 Å². The highest BCUT2D eigenvalue weighted by atomic mass is 35.5. The fraction of sp³-hybridized carbons (Fsp3) is 0.381. The summed E-state index contributed by atoms with van der Waals surface area (Å²) in [5, 5.41) is 21.7. The third-order valence-electron chi connectivity index (χ3n) is 5.57. The molecule has 8 heteroatoms. The fourth-order valence-corrected chi connectivity index (χ4v) is 4.59. The number of carbonyl (C=O) groups excluding carboxylic acids is 1. The van der Waals surface area contributed by atoms with E-state index in [4.69, 9.17) is 32.7 Å². The Hall–Kier alpha value is -2.15. The number of unbranched alkanes of at least 4 members (excludes halogenated alkanes) is 2. The predicted molar refractivity (Wildman–Crippen MR) is 110 cm³/mol. The van der Waals surface area contributed by atoms with Crippen molar-refractivity contribution in [2.24, 2.45) is 0 Å². The van der Waals surface area contributed by atoms with Crippen molar-refractivity contribution in [3.05, 3.63) is 45.4 Å². The number of hydrogen-bond acceptors (Lipinski definition) is 5. The Bertz CT molecular complexity index is 980. The molecule has 0 saturated heterocycles. The van der Waals surface area contributed by atoms with Gasteiger partial charge in [-0.15, -0.1) is 0 Å². The molecule has 29 heavy (non-hydrogen) atoms. The number of aliphatic hydroxyl groups excluding tert-OH is 1. The van der Waals surface area contributed by atoms with E-state index in [1.54, 1.807) is 17.0 Å². The molecule has 1 amide bonds. The molecule has 2 aromatic carbocycles. The Labute approximate surface area is 178 Å². The number of anilines is 1. The van der Waals surface area contributed by atoms with Gasteiger partial charge in [0.2, 0.25) is 12.7 Å². The van der Waals surface area contributed by atoms with Crippen molar-refractivity contribution >= 4 is 34.8 Å². The number of amides is 1. The molecule has 2 aliphatic rings. The third kappa shape index (κ3) is 2.93. The van der Waals surface area contributed by atoms with Crippen LogP contribution in [0.3, 0.4) is 0 Å². The van der Waals surface area contributed by atoms with Crippen LogP contribution in [0, 0.1) is 0 Å². The highest BCUT2D eigenvalue weighted by Gasteiger charge is 2.55. The van der Waals surface area contributed by atoms with Crippen LogP contribution < -0.4 is 14.4 Å². The summed E-state index contributed by atoms with van der Waals surface area (Å²) in [5.74, 6) is 0.225. The quantitative estimate of drug-likeness (QED) is 0.660. The lowest BCUT2D eigenvalue weighted by Gasteiger charge is -2.28. The fourth-order valence-electron chi connectivity index (χ4n) is 4.11. The van der Waals surface area contributed by atoms with Crippen LogP contribution in [0.15, 0.2) is 24.3 Å². The Morgan fingerprint density at radius 1 is 1.17 bits per heavy atom. The molecular formula is C21H21Cl2NO5. The maximum atomic E-state index is 13.7. The van der Waals surface area contributed by atoms with Crippen LogP contribution in [-0.4, -0.2) is 36.1 Å². The van der Waals surface area contributed by atoms with E-state index < -0.39 is 12.0 Å². The number of aliphatic hydroxyl groups is 1. The Balaban J connectivity index is 1.94. The smallest absolute Gasteiger partial charge is 0.244 e. The van der Waals surface area contributed by atoms with Crippen LogP contribution in [0.1, 0.15) is 37.3 Å². The number of phenols is 1. The summed E-state index contributed by atoms with van der Waals surface area (Å²) in [7, 11) is 0. The van der Waals surface area contributed by atoms with Crippen molar-refractivity contribution in [2.75, 3.05) is 24.8 Å². The summed E-state index contributed by atoms with van der Waals surface area (Å²) < 4.78 is 10.7. The van der Waals surface area contributed by atoms with Crippen molar-refractivity contribution in [3.8, 4) is 17.2 Å². The van der Waals surface area contributed by atoms with Gasteiger partial charge in [0, 0.05) is 29.4 Å². The van der Waals surface area contributed by atoms with E-state index in [-0.39, 0.29) is 34.1 Å². The van der Waals surface area contributed by atoms with Crippen LogP contribution in [0.5, 0.6) is 17.2 Å². The van der Waals surface area contributed by atoms with Gasteiger partial charge in [-0.25, -0.2) is 0 Å². The molecule has 4 rings (SSSR count). The number of carbonyl (C=O) groups is 1. The molecule has 0 spiro atoms. The van der Waals surface area contributed by atoms with Crippen molar-refractivity contribution in [1.82, 2.24) is 0 Å². The minimum Gasteiger partial charge on any atom is -0.507 e. The molecule has 0 radical (unpaired) electrons. The van der Waals surface area contributed by atoms with Crippen molar-refractivity contribution in [1.29, 1.82) is 0 Å². The molecule has 2 N–H and O–H groups in total. The number of halogens is 2. The number of rotatable bonds is 6. The van der Waals surface area contributed by atoms with Crippen LogP contribution in [-0.2, 0) is 10.2 Å². The normalized spacial score (nSPS) is 19.7. The number of fused-ring (bicyclic) bond motifs is 2. The van der Waals surface area contributed by atoms with E-state index in [0.29, 0.717) is 29.3 Å². The largest absolute Gasteiger partial charge is 0.507 e. The minimum atomic E-state index is -1.59. The van der Waals surface area contributed by atoms with Gasteiger partial charge in [-0.3, -0.25) is 4.79 Å². The van der Waals surface area contributed by atoms with Crippen molar-refractivity contribution in [2.45, 2.75) is 31.6 Å². The zero-order chi connectivity index (χ0) is 20.8. The van der Waals surface area contributed by atoms with Gasteiger partial charge in [0.25, 0.3) is 0 Å². The Morgan fingerprint density at radius 3 is 2.59 bits per heavy atom. The van der Waals surface area contributed by atoms with Gasteiger partial charge >= 0.3 is 0 Å². The molecule has 154 valence electrons. The number of benzene rings is 2. The highest BCUT2D eigenvalue weighted by Crippen LogP contribution is 2.54. The third-order valence-corrected chi connectivity index (χ3v) is 6.38. The molecule has 0 saturated carbocycles. The predicted octanol–water partition coefficient (Wildman–Crippen LogP) is 4.24. The van der Waals surface area contributed by atoms with Crippen molar-refractivity contribution < 1.29 is 24.5 Å². The zero-order valence-electron chi connectivity index (χ0n) is 15.9. The molecule has 2 aliphatic heterocycles. The standard InChI is InChI=1S/C21H21Cl2NO5/c1-2-3-4-7-24-14-6-5-13(22)19(23)18(14)21(10-25,20(24)27)12-8-16-17(9-15(12)26)29-11-28-16/h5-6,8-9,25-26H,2-4,7,10-11H2,1H3. The van der Waals surface area contributed by atoms with Gasteiger partial charge in [-0.05, 0) is 24.6 Å².